The highest BCUT2D eigenvalue weighted by atomic mass is 16.5. The molecule has 1 aromatic carbocycles. The van der Waals surface area contributed by atoms with Gasteiger partial charge in [-0.1, -0.05) is 12.1 Å². The Hall–Kier alpha value is -2.21. The van der Waals surface area contributed by atoms with E-state index in [2.05, 4.69) is 9.88 Å². The van der Waals surface area contributed by atoms with Crippen molar-refractivity contribution in [2.24, 2.45) is 17.8 Å². The number of benzene rings is 1. The van der Waals surface area contributed by atoms with E-state index in [1.807, 2.05) is 28.8 Å². The Morgan fingerprint density at radius 1 is 0.971 bits per heavy atom. The predicted octanol–water partition coefficient (Wildman–Crippen LogP) is 4.71. The summed E-state index contributed by atoms with van der Waals surface area (Å²) >= 11 is 0. The van der Waals surface area contributed by atoms with E-state index in [0.717, 1.165) is 36.1 Å². The fourth-order valence-electron chi connectivity index (χ4n) is 9.36. The Balaban J connectivity index is 1.25. The molecule has 34 heavy (non-hydrogen) atoms. The van der Waals surface area contributed by atoms with Gasteiger partial charge in [-0.05, 0) is 101 Å². The Kier molecular flexibility index (Phi) is 4.74. The third-order valence-corrected chi connectivity index (χ3v) is 9.89. The molecule has 180 valence electrons. The zero-order valence-corrected chi connectivity index (χ0v) is 20.1. The lowest BCUT2D eigenvalue weighted by atomic mass is 9.52. The van der Waals surface area contributed by atoms with Crippen molar-refractivity contribution in [3.05, 3.63) is 40.3 Å². The van der Waals surface area contributed by atoms with Crippen LogP contribution in [0.5, 0.6) is 0 Å². The Labute approximate surface area is 200 Å². The molecule has 4 aliphatic carbocycles. The number of hydrogen-bond donors (Lipinski definition) is 0. The van der Waals surface area contributed by atoms with Crippen molar-refractivity contribution in [1.82, 2.24) is 14.5 Å². The molecule has 6 nitrogen and oxygen atoms in total. The molecule has 3 heterocycles. The van der Waals surface area contributed by atoms with Gasteiger partial charge in [-0.2, -0.15) is 0 Å². The lowest BCUT2D eigenvalue weighted by molar-refractivity contribution is -0.121. The highest BCUT2D eigenvalue weighted by molar-refractivity contribution is 5.89. The van der Waals surface area contributed by atoms with Gasteiger partial charge in [0.25, 0.3) is 5.56 Å². The lowest BCUT2D eigenvalue weighted by Gasteiger charge is -2.63. The van der Waals surface area contributed by atoms with Gasteiger partial charge in [0.2, 0.25) is 5.69 Å². The summed E-state index contributed by atoms with van der Waals surface area (Å²) in [6, 6.07) is 8.95. The van der Waals surface area contributed by atoms with Gasteiger partial charge in [0.05, 0.1) is 17.6 Å². The van der Waals surface area contributed by atoms with Crippen LogP contribution in [-0.4, -0.2) is 44.6 Å². The molecule has 8 rings (SSSR count). The van der Waals surface area contributed by atoms with Crippen molar-refractivity contribution in [1.29, 1.82) is 0 Å². The minimum atomic E-state index is -0.610. The maximum Gasteiger partial charge on any atom is 0.362 e. The molecule has 2 unspecified atom stereocenters. The van der Waals surface area contributed by atoms with E-state index in [0.29, 0.717) is 23.1 Å². The minimum Gasteiger partial charge on any atom is -0.461 e. The molecular formula is C28H35N3O3. The van der Waals surface area contributed by atoms with Crippen LogP contribution >= 0.6 is 0 Å². The smallest absolute Gasteiger partial charge is 0.362 e. The zero-order chi connectivity index (χ0) is 23.0. The summed E-state index contributed by atoms with van der Waals surface area (Å²) in [4.78, 5) is 33.6. The molecule has 2 aliphatic heterocycles. The van der Waals surface area contributed by atoms with E-state index in [4.69, 9.17) is 4.74 Å². The largest absolute Gasteiger partial charge is 0.461 e. The van der Waals surface area contributed by atoms with E-state index in [-0.39, 0.29) is 23.9 Å². The molecule has 0 amide bonds. The molecule has 4 saturated carbocycles. The van der Waals surface area contributed by atoms with E-state index in [1.165, 1.54) is 51.4 Å². The highest BCUT2D eigenvalue weighted by Gasteiger charge is 2.58. The molecule has 0 N–H and O–H groups in total. The summed E-state index contributed by atoms with van der Waals surface area (Å²) in [6.07, 6.45) is 13.1. The van der Waals surface area contributed by atoms with Crippen LogP contribution in [0.2, 0.25) is 0 Å². The second-order valence-electron chi connectivity index (χ2n) is 11.9. The van der Waals surface area contributed by atoms with Gasteiger partial charge in [-0.3, -0.25) is 9.69 Å². The third-order valence-electron chi connectivity index (χ3n) is 9.89. The van der Waals surface area contributed by atoms with E-state index >= 15 is 0 Å². The van der Waals surface area contributed by atoms with Crippen LogP contribution in [0.1, 0.15) is 87.7 Å². The SMILES string of the molecule is CCOC(=O)c1nc2ccccc2n(C2CC3CCC(C2)N3C23CC4CC(CC(C4)C2)C3)c1=O. The quantitative estimate of drug-likeness (QED) is 0.617. The van der Waals surface area contributed by atoms with Crippen molar-refractivity contribution in [2.45, 2.75) is 94.8 Å². The molecule has 6 aliphatic rings. The molecule has 6 fully saturated rings. The fourth-order valence-corrected chi connectivity index (χ4v) is 9.36. The van der Waals surface area contributed by atoms with E-state index < -0.39 is 5.97 Å². The van der Waals surface area contributed by atoms with Crippen LogP contribution in [0.3, 0.4) is 0 Å². The van der Waals surface area contributed by atoms with Crippen LogP contribution in [0.25, 0.3) is 11.0 Å². The fraction of sp³-hybridized carbons (Fsp3) is 0.679. The maximum atomic E-state index is 13.6. The van der Waals surface area contributed by atoms with Crippen molar-refractivity contribution in [3.8, 4) is 0 Å². The molecule has 6 bridgehead atoms. The minimum absolute atomic E-state index is 0.0728. The topological polar surface area (TPSA) is 64.4 Å². The second kappa shape index (κ2) is 7.64. The van der Waals surface area contributed by atoms with Gasteiger partial charge < -0.3 is 9.30 Å². The number of aromatic nitrogens is 2. The summed E-state index contributed by atoms with van der Waals surface area (Å²) in [5.74, 6) is 2.23. The lowest BCUT2D eigenvalue weighted by Crippen LogP contribution is -2.64. The number of piperidine rings is 1. The van der Waals surface area contributed by atoms with Gasteiger partial charge >= 0.3 is 5.97 Å². The number of fused-ring (bicyclic) bond motifs is 3. The average Bonchev–Trinajstić information content (AvgIpc) is 3.09. The average molecular weight is 462 g/mol. The first-order valence-corrected chi connectivity index (χ1v) is 13.5. The van der Waals surface area contributed by atoms with Crippen molar-refractivity contribution in [3.63, 3.8) is 0 Å². The normalized spacial score (nSPS) is 38.5. The van der Waals surface area contributed by atoms with Crippen LogP contribution < -0.4 is 5.56 Å². The Morgan fingerprint density at radius 3 is 2.21 bits per heavy atom. The Bertz CT molecular complexity index is 1150. The first kappa shape index (κ1) is 21.1. The van der Waals surface area contributed by atoms with Crippen LogP contribution in [0.15, 0.2) is 29.1 Å². The highest BCUT2D eigenvalue weighted by Crippen LogP contribution is 2.61. The number of esters is 1. The summed E-state index contributed by atoms with van der Waals surface area (Å²) in [6.45, 7) is 2.00. The number of hydrogen-bond acceptors (Lipinski definition) is 5. The molecule has 0 spiro atoms. The van der Waals surface area contributed by atoms with E-state index in [9.17, 15) is 9.59 Å². The monoisotopic (exact) mass is 461 g/mol. The Morgan fingerprint density at radius 2 is 1.59 bits per heavy atom. The van der Waals surface area contributed by atoms with Crippen LogP contribution in [-0.2, 0) is 4.74 Å². The van der Waals surface area contributed by atoms with Crippen molar-refractivity contribution >= 4 is 17.0 Å². The van der Waals surface area contributed by atoms with Gasteiger partial charge in [-0.15, -0.1) is 0 Å². The number of para-hydroxylation sites is 2. The van der Waals surface area contributed by atoms with Crippen molar-refractivity contribution < 1.29 is 9.53 Å². The van der Waals surface area contributed by atoms with E-state index in [1.54, 1.807) is 6.92 Å². The third kappa shape index (κ3) is 3.06. The zero-order valence-electron chi connectivity index (χ0n) is 20.1. The number of nitrogens with zero attached hydrogens (tertiary/aromatic N) is 3. The summed E-state index contributed by atoms with van der Waals surface area (Å²) in [5.41, 5.74) is 1.60. The van der Waals surface area contributed by atoms with Crippen LogP contribution in [0.4, 0.5) is 0 Å². The molecule has 2 aromatic rings. The van der Waals surface area contributed by atoms with Gasteiger partial charge in [0.15, 0.2) is 0 Å². The molecule has 2 atom stereocenters. The first-order valence-electron chi connectivity index (χ1n) is 13.5. The van der Waals surface area contributed by atoms with Gasteiger partial charge in [-0.25, -0.2) is 9.78 Å². The molecule has 0 radical (unpaired) electrons. The molecule has 2 saturated heterocycles. The predicted molar refractivity (Wildman–Crippen MR) is 130 cm³/mol. The van der Waals surface area contributed by atoms with Gasteiger partial charge in [0.1, 0.15) is 0 Å². The van der Waals surface area contributed by atoms with Crippen molar-refractivity contribution in [2.75, 3.05) is 6.61 Å². The molecule has 1 aromatic heterocycles. The van der Waals surface area contributed by atoms with Gasteiger partial charge in [0, 0.05) is 23.7 Å². The number of carbonyl (C=O) groups is 1. The summed E-state index contributed by atoms with van der Waals surface area (Å²) in [7, 11) is 0. The summed E-state index contributed by atoms with van der Waals surface area (Å²) < 4.78 is 7.09. The number of rotatable bonds is 4. The number of carbonyl (C=O) groups excluding carboxylic acids is 1. The molecular weight excluding hydrogens is 426 g/mol. The first-order chi connectivity index (χ1) is 16.5. The standard InChI is InChI=1S/C28H35N3O3/c1-2-34-27(33)25-26(32)30(24-6-4-3-5-23(24)29-25)22-12-20-7-8-21(13-22)31(20)28-14-17-9-18(15-28)11-19(10-17)16-28/h3-6,17-22H,2,7-16H2,1H3. The summed E-state index contributed by atoms with van der Waals surface area (Å²) in [5, 5.41) is 0. The van der Waals surface area contributed by atoms with Crippen LogP contribution in [0, 0.1) is 17.8 Å². The number of ether oxygens (including phenoxy) is 1. The molecule has 6 heteroatoms. The second-order valence-corrected chi connectivity index (χ2v) is 11.9. The maximum absolute atomic E-state index is 13.6.